The van der Waals surface area contributed by atoms with Crippen LogP contribution in [-0.2, 0) is 13.0 Å². The van der Waals surface area contributed by atoms with Crippen molar-refractivity contribution in [1.82, 2.24) is 10.6 Å². The Hall–Kier alpha value is -1.90. The second-order valence-electron chi connectivity index (χ2n) is 5.60. The van der Waals surface area contributed by atoms with Gasteiger partial charge in [0.25, 0.3) is 0 Å². The molecule has 0 aliphatic rings. The summed E-state index contributed by atoms with van der Waals surface area (Å²) in [5, 5.41) is 6.59. The molecule has 7 heteroatoms. The molecule has 2 aromatic rings. The van der Waals surface area contributed by atoms with E-state index in [1.54, 1.807) is 6.26 Å². The highest BCUT2D eigenvalue weighted by atomic mass is 127. The standard InChI is InChI=1S/C20H29N3O3.HI/c1-4-21-20(23-15-17-8-7-13-26-17)22-12-11-16-9-10-18(24-5-2)19(14-16)25-6-3;/h7-10,13-14H,4-6,11-12,15H2,1-3H3,(H2,21,22,23);1H. The van der Waals surface area contributed by atoms with E-state index < -0.39 is 0 Å². The number of hydrogen-bond acceptors (Lipinski definition) is 4. The van der Waals surface area contributed by atoms with Crippen molar-refractivity contribution >= 4 is 29.9 Å². The van der Waals surface area contributed by atoms with Crippen LogP contribution in [-0.4, -0.2) is 32.3 Å². The Morgan fingerprint density at radius 2 is 1.81 bits per heavy atom. The third kappa shape index (κ3) is 8.11. The van der Waals surface area contributed by atoms with E-state index in [0.29, 0.717) is 19.8 Å². The summed E-state index contributed by atoms with van der Waals surface area (Å²) in [7, 11) is 0. The average Bonchev–Trinajstić information content (AvgIpc) is 3.16. The normalized spacial score (nSPS) is 10.9. The Labute approximate surface area is 178 Å². The molecule has 2 rings (SSSR count). The number of furan rings is 1. The van der Waals surface area contributed by atoms with Crippen molar-refractivity contribution in [2.45, 2.75) is 33.7 Å². The lowest BCUT2D eigenvalue weighted by molar-refractivity contribution is 0.287. The predicted molar refractivity (Wildman–Crippen MR) is 119 cm³/mol. The van der Waals surface area contributed by atoms with E-state index in [1.807, 2.05) is 45.0 Å². The lowest BCUT2D eigenvalue weighted by atomic mass is 10.1. The Kier molecular flexibility index (Phi) is 11.4. The zero-order valence-electron chi connectivity index (χ0n) is 16.3. The number of rotatable bonds is 10. The Bertz CT molecular complexity index is 675. The molecular formula is C20H30IN3O3. The van der Waals surface area contributed by atoms with Crippen molar-refractivity contribution in [3.8, 4) is 11.5 Å². The Morgan fingerprint density at radius 1 is 1.04 bits per heavy atom. The minimum atomic E-state index is 0. The summed E-state index contributed by atoms with van der Waals surface area (Å²) in [6.07, 6.45) is 2.52. The SMILES string of the molecule is CCNC(=NCc1ccco1)NCCc1ccc(OCC)c(OCC)c1.I. The van der Waals surface area contributed by atoms with E-state index in [9.17, 15) is 0 Å². The molecule has 150 valence electrons. The van der Waals surface area contributed by atoms with Crippen LogP contribution in [0.2, 0.25) is 0 Å². The van der Waals surface area contributed by atoms with Crippen molar-refractivity contribution in [2.75, 3.05) is 26.3 Å². The van der Waals surface area contributed by atoms with Crippen LogP contribution in [0, 0.1) is 0 Å². The van der Waals surface area contributed by atoms with Gasteiger partial charge in [0, 0.05) is 13.1 Å². The number of halogens is 1. The molecule has 1 heterocycles. The summed E-state index contributed by atoms with van der Waals surface area (Å²) in [6, 6.07) is 9.88. The highest BCUT2D eigenvalue weighted by molar-refractivity contribution is 14.0. The molecule has 0 unspecified atom stereocenters. The highest BCUT2D eigenvalue weighted by Gasteiger charge is 2.06. The second-order valence-corrected chi connectivity index (χ2v) is 5.60. The quantitative estimate of drug-likeness (QED) is 0.302. The van der Waals surface area contributed by atoms with Crippen molar-refractivity contribution in [2.24, 2.45) is 4.99 Å². The largest absolute Gasteiger partial charge is 0.490 e. The third-order valence-corrected chi connectivity index (χ3v) is 3.63. The van der Waals surface area contributed by atoms with Gasteiger partial charge in [-0.1, -0.05) is 6.07 Å². The molecule has 0 spiro atoms. The molecule has 2 N–H and O–H groups in total. The summed E-state index contributed by atoms with van der Waals surface area (Å²) in [5.41, 5.74) is 1.19. The van der Waals surface area contributed by atoms with Crippen LogP contribution in [0.4, 0.5) is 0 Å². The molecule has 0 saturated carbocycles. The molecule has 6 nitrogen and oxygen atoms in total. The van der Waals surface area contributed by atoms with Crippen LogP contribution in [0.15, 0.2) is 46.0 Å². The first kappa shape index (κ1) is 23.1. The van der Waals surface area contributed by atoms with Crippen LogP contribution in [0.1, 0.15) is 32.1 Å². The first-order valence-corrected chi connectivity index (χ1v) is 9.19. The molecule has 0 saturated heterocycles. The van der Waals surface area contributed by atoms with Crippen LogP contribution >= 0.6 is 24.0 Å². The summed E-state index contributed by atoms with van der Waals surface area (Å²) in [5.74, 6) is 3.21. The van der Waals surface area contributed by atoms with Gasteiger partial charge in [0.2, 0.25) is 0 Å². The minimum absolute atomic E-state index is 0. The smallest absolute Gasteiger partial charge is 0.191 e. The molecule has 0 amide bonds. The fourth-order valence-electron chi connectivity index (χ4n) is 2.48. The molecule has 0 radical (unpaired) electrons. The Balaban J connectivity index is 0.00000364. The van der Waals surface area contributed by atoms with Gasteiger partial charge in [-0.15, -0.1) is 24.0 Å². The van der Waals surface area contributed by atoms with E-state index in [1.165, 1.54) is 5.56 Å². The van der Waals surface area contributed by atoms with Crippen molar-refractivity contribution < 1.29 is 13.9 Å². The molecule has 0 bridgehead atoms. The van der Waals surface area contributed by atoms with Crippen LogP contribution in [0.5, 0.6) is 11.5 Å². The maximum Gasteiger partial charge on any atom is 0.191 e. The highest BCUT2D eigenvalue weighted by Crippen LogP contribution is 2.28. The van der Waals surface area contributed by atoms with Crippen LogP contribution < -0.4 is 20.1 Å². The number of aliphatic imine (C=N–C) groups is 1. The topological polar surface area (TPSA) is 68.0 Å². The number of hydrogen-bond donors (Lipinski definition) is 2. The van der Waals surface area contributed by atoms with E-state index in [-0.39, 0.29) is 24.0 Å². The predicted octanol–water partition coefficient (Wildman–Crippen LogP) is 3.99. The number of nitrogens with zero attached hydrogens (tertiary/aromatic N) is 1. The average molecular weight is 487 g/mol. The van der Waals surface area contributed by atoms with E-state index in [4.69, 9.17) is 13.9 Å². The fourth-order valence-corrected chi connectivity index (χ4v) is 2.48. The molecular weight excluding hydrogens is 457 g/mol. The summed E-state index contributed by atoms with van der Waals surface area (Å²) in [6.45, 7) is 9.32. The van der Waals surface area contributed by atoms with E-state index >= 15 is 0 Å². The van der Waals surface area contributed by atoms with E-state index in [0.717, 1.165) is 42.7 Å². The van der Waals surface area contributed by atoms with Gasteiger partial charge in [0.1, 0.15) is 12.3 Å². The molecule has 1 aromatic carbocycles. The third-order valence-electron chi connectivity index (χ3n) is 3.63. The van der Waals surface area contributed by atoms with Crippen LogP contribution in [0.25, 0.3) is 0 Å². The van der Waals surface area contributed by atoms with Crippen molar-refractivity contribution in [1.29, 1.82) is 0 Å². The molecule has 0 fully saturated rings. The number of guanidine groups is 1. The summed E-state index contributed by atoms with van der Waals surface area (Å²) < 4.78 is 16.6. The summed E-state index contributed by atoms with van der Waals surface area (Å²) in [4.78, 5) is 4.53. The van der Waals surface area contributed by atoms with E-state index in [2.05, 4.69) is 21.7 Å². The van der Waals surface area contributed by atoms with Gasteiger partial charge in [0.05, 0.1) is 19.5 Å². The Morgan fingerprint density at radius 3 is 2.48 bits per heavy atom. The number of ether oxygens (including phenoxy) is 2. The van der Waals surface area contributed by atoms with Gasteiger partial charge in [0.15, 0.2) is 17.5 Å². The first-order chi connectivity index (χ1) is 12.8. The lowest BCUT2D eigenvalue weighted by Crippen LogP contribution is -2.38. The zero-order chi connectivity index (χ0) is 18.6. The van der Waals surface area contributed by atoms with Crippen molar-refractivity contribution in [3.63, 3.8) is 0 Å². The molecule has 0 aliphatic carbocycles. The summed E-state index contributed by atoms with van der Waals surface area (Å²) >= 11 is 0. The molecule has 0 atom stereocenters. The van der Waals surface area contributed by atoms with Gasteiger partial charge < -0.3 is 24.5 Å². The number of nitrogens with one attached hydrogen (secondary N) is 2. The van der Waals surface area contributed by atoms with Gasteiger partial charge in [-0.25, -0.2) is 4.99 Å². The maximum atomic E-state index is 5.68. The van der Waals surface area contributed by atoms with Gasteiger partial charge >= 0.3 is 0 Å². The second kappa shape index (κ2) is 13.3. The monoisotopic (exact) mass is 487 g/mol. The van der Waals surface area contributed by atoms with Crippen LogP contribution in [0.3, 0.4) is 0 Å². The fraction of sp³-hybridized carbons (Fsp3) is 0.450. The van der Waals surface area contributed by atoms with Crippen molar-refractivity contribution in [3.05, 3.63) is 47.9 Å². The molecule has 27 heavy (non-hydrogen) atoms. The zero-order valence-corrected chi connectivity index (χ0v) is 18.6. The van der Waals surface area contributed by atoms with Gasteiger partial charge in [-0.05, 0) is 57.0 Å². The van der Waals surface area contributed by atoms with Gasteiger partial charge in [-0.2, -0.15) is 0 Å². The lowest BCUT2D eigenvalue weighted by Gasteiger charge is -2.14. The maximum absolute atomic E-state index is 5.68. The minimum Gasteiger partial charge on any atom is -0.490 e. The number of benzene rings is 1. The first-order valence-electron chi connectivity index (χ1n) is 9.19. The molecule has 0 aliphatic heterocycles. The molecule has 1 aromatic heterocycles. The van der Waals surface area contributed by atoms with Gasteiger partial charge in [-0.3, -0.25) is 0 Å².